The molecule has 3 aromatic heterocycles. The largest absolute Gasteiger partial charge is 0.355 e. The Morgan fingerprint density at radius 1 is 0.152 bits per heavy atom. The molecule has 5 heterocycles. The quantitative estimate of drug-likeness (QED) is 0.159. The van der Waals surface area contributed by atoms with Crippen molar-refractivity contribution >= 4 is 131 Å². The van der Waals surface area contributed by atoms with E-state index in [1.54, 1.807) is 0 Å². The zero-order chi connectivity index (χ0) is 71.9. The van der Waals surface area contributed by atoms with Gasteiger partial charge in [-0.25, -0.2) is 9.97 Å². The zero-order valence-corrected chi connectivity index (χ0v) is 60.5. The molecule has 0 saturated heterocycles. The van der Waals surface area contributed by atoms with E-state index in [0.29, 0.717) is 0 Å². The molecular weight excluding hydrogens is 1350 g/mol. The van der Waals surface area contributed by atoms with Crippen LogP contribution in [0, 0.1) is 0 Å². The van der Waals surface area contributed by atoms with E-state index in [2.05, 4.69) is 325 Å². The van der Waals surface area contributed by atoms with Gasteiger partial charge in [-0.3, -0.25) is 0 Å². The third-order valence-corrected chi connectivity index (χ3v) is 28.5. The fraction of sp³-hybridized carbons (Fsp3) is 0.0741. The first-order valence-corrected chi connectivity index (χ1v) is 40.0. The van der Waals surface area contributed by atoms with Gasteiger partial charge in [0.25, 0.3) is 0 Å². The van der Waals surface area contributed by atoms with Crippen molar-refractivity contribution in [2.75, 3.05) is 0 Å². The first kappa shape index (κ1) is 58.3. The average molecular weight is 1420 g/mol. The minimum Gasteiger partial charge on any atom is -0.355 e. The second-order valence-electron chi connectivity index (χ2n) is 33.6. The van der Waals surface area contributed by atoms with Gasteiger partial charge in [-0.1, -0.05) is 194 Å². The van der Waals surface area contributed by atoms with Gasteiger partial charge in [-0.05, 0) is 341 Å². The number of fused-ring (bicyclic) bond motifs is 16. The molecule has 0 atom stereocenters. The predicted molar refractivity (Wildman–Crippen MR) is 457 cm³/mol. The van der Waals surface area contributed by atoms with Crippen LogP contribution in [-0.4, -0.2) is 19.9 Å². The van der Waals surface area contributed by atoms with Crippen molar-refractivity contribution in [2.24, 2.45) is 0 Å². The van der Waals surface area contributed by atoms with E-state index in [4.69, 9.17) is 9.97 Å². The van der Waals surface area contributed by atoms with Crippen molar-refractivity contribution in [3.63, 3.8) is 0 Å². The highest BCUT2D eigenvalue weighted by Gasteiger charge is 2.52. The number of rotatable bonds is 0. The number of aromatic nitrogens is 4. The predicted octanol–water partition coefficient (Wildman–Crippen LogP) is 25.9. The smallest absolute Gasteiger partial charge is 0.0703 e. The molecular formula is C108H62N4. The molecule has 0 unspecified atom stereocenters. The molecule has 16 bridgehead atoms. The maximum atomic E-state index is 6.41. The third kappa shape index (κ3) is 7.27. The molecule has 12 aliphatic carbocycles. The molecule has 0 saturated carbocycles. The van der Waals surface area contributed by atoms with Gasteiger partial charge in [0.05, 0.1) is 22.8 Å². The van der Waals surface area contributed by atoms with Crippen LogP contribution in [0.2, 0.25) is 0 Å². The van der Waals surface area contributed by atoms with Gasteiger partial charge in [0.15, 0.2) is 0 Å². The maximum Gasteiger partial charge on any atom is 0.0703 e. The summed E-state index contributed by atoms with van der Waals surface area (Å²) in [5, 5.41) is 20.2. The number of benzene rings is 16. The number of aromatic amines is 2. The highest BCUT2D eigenvalue weighted by atomic mass is 14.8. The number of H-pyrrole nitrogens is 2. The maximum absolute atomic E-state index is 6.41. The normalized spacial score (nSPS) is 20.1. The highest BCUT2D eigenvalue weighted by Crippen LogP contribution is 2.68. The Bertz CT molecular complexity index is 6810. The number of hydrogen-bond donors (Lipinski definition) is 2. The van der Waals surface area contributed by atoms with Crippen LogP contribution in [0.1, 0.15) is 181 Å². The molecule has 112 heavy (non-hydrogen) atoms. The van der Waals surface area contributed by atoms with Crippen LogP contribution in [-0.2, 0) is 0 Å². The van der Waals surface area contributed by atoms with Crippen molar-refractivity contribution in [3.05, 3.63) is 449 Å². The summed E-state index contributed by atoms with van der Waals surface area (Å²) in [4.78, 5) is 21.8. The minimum absolute atomic E-state index is 0.0980. The van der Waals surface area contributed by atoms with Gasteiger partial charge in [0, 0.05) is 69.4 Å². The van der Waals surface area contributed by atoms with Gasteiger partial charge in [-0.15, -0.1) is 0 Å². The molecule has 33 rings (SSSR count). The molecule has 0 fully saturated rings. The van der Waals surface area contributed by atoms with Crippen molar-refractivity contribution in [3.8, 4) is 0 Å². The van der Waals surface area contributed by atoms with Crippen LogP contribution in [0.25, 0.3) is 131 Å². The molecule has 19 aromatic rings. The first-order valence-electron chi connectivity index (χ1n) is 40.0. The van der Waals surface area contributed by atoms with E-state index in [9.17, 15) is 0 Å². The van der Waals surface area contributed by atoms with Gasteiger partial charge in [0.1, 0.15) is 0 Å². The Morgan fingerprint density at radius 2 is 0.277 bits per heavy atom. The monoisotopic (exact) mass is 1410 g/mol. The topological polar surface area (TPSA) is 57.4 Å². The first-order chi connectivity index (χ1) is 55.5. The van der Waals surface area contributed by atoms with E-state index in [1.807, 2.05) is 0 Å². The molecule has 16 aromatic carbocycles. The Hall–Kier alpha value is -13.8. The average Bonchev–Trinajstić information content (AvgIpc) is 1.48. The highest BCUT2D eigenvalue weighted by molar-refractivity contribution is 6.11. The lowest BCUT2D eigenvalue weighted by Crippen LogP contribution is -2.27. The summed E-state index contributed by atoms with van der Waals surface area (Å²) in [7, 11) is 0. The summed E-state index contributed by atoms with van der Waals surface area (Å²) < 4.78 is 0. The molecule has 514 valence electrons. The van der Waals surface area contributed by atoms with Crippen LogP contribution in [0.15, 0.2) is 315 Å². The van der Waals surface area contributed by atoms with Gasteiger partial charge in [0.2, 0.25) is 0 Å². The Balaban J connectivity index is 0.801. The van der Waals surface area contributed by atoms with Crippen LogP contribution < -0.4 is 0 Å². The Morgan fingerprint density at radius 3 is 0.411 bits per heavy atom. The van der Waals surface area contributed by atoms with E-state index in [1.165, 1.54) is 220 Å². The van der Waals surface area contributed by atoms with Crippen LogP contribution in [0.5, 0.6) is 0 Å². The summed E-state index contributed by atoms with van der Waals surface area (Å²) in [6.45, 7) is 0. The van der Waals surface area contributed by atoms with Crippen molar-refractivity contribution in [2.45, 2.75) is 47.3 Å². The molecule has 4 heteroatoms. The lowest BCUT2D eigenvalue weighted by atomic mass is 9.59. The number of allylic oxidation sites excluding steroid dienone is 4. The molecule has 2 N–H and O–H groups in total. The van der Waals surface area contributed by atoms with E-state index >= 15 is 0 Å². The summed E-state index contributed by atoms with van der Waals surface area (Å²) in [6.07, 6.45) is 0. The third-order valence-electron chi connectivity index (χ3n) is 28.5. The van der Waals surface area contributed by atoms with Crippen LogP contribution in [0.3, 0.4) is 0 Å². The zero-order valence-electron chi connectivity index (χ0n) is 60.5. The Kier molecular flexibility index (Phi) is 10.6. The van der Waals surface area contributed by atoms with Crippen molar-refractivity contribution in [1.29, 1.82) is 0 Å². The van der Waals surface area contributed by atoms with E-state index in [-0.39, 0.29) is 47.3 Å². The Labute approximate surface area is 643 Å². The summed E-state index contributed by atoms with van der Waals surface area (Å²) >= 11 is 0. The van der Waals surface area contributed by atoms with Crippen LogP contribution >= 0.6 is 0 Å². The molecule has 4 nitrogen and oxygen atoms in total. The fourth-order valence-corrected chi connectivity index (χ4v) is 24.1. The minimum atomic E-state index is -0.110. The van der Waals surface area contributed by atoms with Gasteiger partial charge >= 0.3 is 0 Å². The standard InChI is InChI=1S/C108H62N4/c1-2-18-54-34-70-69(33-53(54)17-1)93-71-35-55-19-3-4-20-56(55)36-72(71)94(70)102-86-50-88-104-96-77-41-61-25-9-11-27-63(61)43-79(77)98(80-44-64-28-12-10-26-62(64)42-78(80)96)106(104)90(111-88)52-92-108-100-83-47-67-31-15-13-29-65(67)45-81(83)99(82-46-66-30-14-16-32-68(66)48-84(82)100)107(108)91(112-92)51-89-105-97-75-39-59-23-7-5-21-57(59)37-73(75)95(103(105)87(110-89)49-85(109-86)101(93)102)74-38-58-22-6-8-24-60(58)40-76(74)97/h1-52,93-100,109,112H. The lowest BCUT2D eigenvalue weighted by molar-refractivity contribution is 0.774. The van der Waals surface area contributed by atoms with Gasteiger partial charge in [-0.2, -0.15) is 0 Å². The van der Waals surface area contributed by atoms with Gasteiger partial charge < -0.3 is 9.97 Å². The SMILES string of the molecule is c1ccc2cc3c(cc2c1)C1C2=C(c4cc5[nH]c(cc6nc(cc7[nH]c(cc2n4)c2c7C4c7cc8ccccc8cc7C2c2cc7ccccc7cc24)C2=C6C4c6cc7ccccc7cc6C2c2cc6ccccc6cc24)c2c5C4c5cc6ccccc6cc5C2c2cc5ccccc5cc24)C3c2cc3ccccc3cc21. The van der Waals surface area contributed by atoms with Crippen molar-refractivity contribution < 1.29 is 0 Å². The van der Waals surface area contributed by atoms with E-state index in [0.717, 1.165) is 44.8 Å². The lowest BCUT2D eigenvalue weighted by Gasteiger charge is -2.42. The summed E-state index contributed by atoms with van der Waals surface area (Å²) in [5.41, 5.74) is 41.2. The number of hydrogen-bond acceptors (Lipinski definition) is 2. The number of nitrogens with zero attached hydrogens (tertiary/aromatic N) is 2. The molecule has 2 aliphatic heterocycles. The summed E-state index contributed by atoms with van der Waals surface area (Å²) in [5.74, 6) is -0.833. The number of nitrogens with one attached hydrogen (secondary N) is 2. The van der Waals surface area contributed by atoms with Crippen LogP contribution in [0.4, 0.5) is 0 Å². The molecule has 14 aliphatic rings. The molecule has 0 spiro atoms. The fourth-order valence-electron chi connectivity index (χ4n) is 24.1. The second kappa shape index (κ2) is 20.4. The summed E-state index contributed by atoms with van der Waals surface area (Å²) in [6, 6.07) is 123. The molecule has 0 amide bonds. The van der Waals surface area contributed by atoms with Crippen molar-refractivity contribution in [1.82, 2.24) is 19.9 Å². The molecule has 0 radical (unpaired) electrons. The van der Waals surface area contributed by atoms with E-state index < -0.39 is 0 Å². The second-order valence-corrected chi connectivity index (χ2v) is 33.6.